The van der Waals surface area contributed by atoms with Gasteiger partial charge in [-0.25, -0.2) is 8.42 Å². The largest absolute Gasteiger partial charge is 0.457 e. The molecule has 0 aromatic heterocycles. The lowest BCUT2D eigenvalue weighted by Crippen LogP contribution is -2.45. The van der Waals surface area contributed by atoms with Gasteiger partial charge in [0, 0.05) is 10.7 Å². The van der Waals surface area contributed by atoms with Crippen LogP contribution < -0.4 is 14.4 Å². The Labute approximate surface area is 181 Å². The highest BCUT2D eigenvalue weighted by Crippen LogP contribution is 2.27. The van der Waals surface area contributed by atoms with E-state index in [4.69, 9.17) is 16.3 Å². The fraction of sp³-hybridized carbons (Fsp3) is 0.136. The van der Waals surface area contributed by atoms with Gasteiger partial charge in [-0.3, -0.25) is 9.10 Å². The van der Waals surface area contributed by atoms with Gasteiger partial charge in [-0.15, -0.1) is 0 Å². The molecule has 1 N–H and O–H groups in total. The third kappa shape index (κ3) is 5.52. The molecule has 0 unspecified atom stereocenters. The van der Waals surface area contributed by atoms with Gasteiger partial charge >= 0.3 is 0 Å². The minimum absolute atomic E-state index is 0.353. The molecule has 0 saturated carbocycles. The highest BCUT2D eigenvalue weighted by atomic mass is 35.5. The van der Waals surface area contributed by atoms with E-state index in [1.54, 1.807) is 48.5 Å². The van der Waals surface area contributed by atoms with Gasteiger partial charge in [-0.05, 0) is 61.5 Å². The lowest BCUT2D eigenvalue weighted by Gasteiger charge is -2.28. The summed E-state index contributed by atoms with van der Waals surface area (Å²) in [6.45, 7) is 1.52. The van der Waals surface area contributed by atoms with Crippen molar-refractivity contribution in [3.63, 3.8) is 0 Å². The van der Waals surface area contributed by atoms with Crippen molar-refractivity contribution in [2.45, 2.75) is 13.0 Å². The van der Waals surface area contributed by atoms with Crippen molar-refractivity contribution >= 4 is 38.9 Å². The second kappa shape index (κ2) is 9.19. The first-order valence-electron chi connectivity index (χ1n) is 9.13. The Bertz CT molecular complexity index is 1120. The molecule has 3 rings (SSSR count). The highest BCUT2D eigenvalue weighted by Gasteiger charge is 2.29. The average molecular weight is 445 g/mol. The number of hydrogen-bond donors (Lipinski definition) is 1. The number of carbonyl (C=O) groups excluding carboxylic acids is 1. The Hall–Kier alpha value is -3.03. The Balaban J connectivity index is 1.80. The predicted molar refractivity (Wildman–Crippen MR) is 120 cm³/mol. The van der Waals surface area contributed by atoms with Crippen LogP contribution in [0.25, 0.3) is 0 Å². The van der Waals surface area contributed by atoms with Crippen LogP contribution in [0.3, 0.4) is 0 Å². The van der Waals surface area contributed by atoms with Gasteiger partial charge in [0.25, 0.3) is 0 Å². The molecule has 0 aliphatic rings. The topological polar surface area (TPSA) is 75.7 Å². The number of halogens is 1. The molecule has 1 amide bonds. The molecule has 0 saturated heterocycles. The molecular weight excluding hydrogens is 424 g/mol. The number of nitrogens with one attached hydrogen (secondary N) is 1. The summed E-state index contributed by atoms with van der Waals surface area (Å²) in [6, 6.07) is 21.4. The fourth-order valence-corrected chi connectivity index (χ4v) is 4.27. The van der Waals surface area contributed by atoms with E-state index in [0.29, 0.717) is 27.9 Å². The summed E-state index contributed by atoms with van der Waals surface area (Å²) in [5.41, 5.74) is 0.839. The zero-order chi connectivity index (χ0) is 21.7. The van der Waals surface area contributed by atoms with Crippen LogP contribution in [0.1, 0.15) is 6.92 Å². The summed E-state index contributed by atoms with van der Waals surface area (Å²) in [5.74, 6) is 0.737. The summed E-state index contributed by atoms with van der Waals surface area (Å²) >= 11 is 5.94. The minimum atomic E-state index is -3.73. The number of carbonyl (C=O) groups is 1. The van der Waals surface area contributed by atoms with Crippen LogP contribution in [0.4, 0.5) is 11.4 Å². The van der Waals surface area contributed by atoms with Crippen LogP contribution in [-0.2, 0) is 14.8 Å². The second-order valence-electron chi connectivity index (χ2n) is 6.64. The average Bonchev–Trinajstić information content (AvgIpc) is 2.69. The predicted octanol–water partition coefficient (Wildman–Crippen LogP) is 4.93. The number of sulfonamides is 1. The van der Waals surface area contributed by atoms with E-state index < -0.39 is 22.0 Å². The summed E-state index contributed by atoms with van der Waals surface area (Å²) in [7, 11) is -3.73. The van der Waals surface area contributed by atoms with Gasteiger partial charge in [0.05, 0.1) is 11.9 Å². The van der Waals surface area contributed by atoms with E-state index in [0.717, 1.165) is 10.6 Å². The Morgan fingerprint density at radius 2 is 1.60 bits per heavy atom. The maximum atomic E-state index is 12.7. The first-order valence-corrected chi connectivity index (χ1v) is 11.4. The Kier molecular flexibility index (Phi) is 6.64. The van der Waals surface area contributed by atoms with Crippen LogP contribution in [0, 0.1) is 0 Å². The molecule has 0 radical (unpaired) electrons. The van der Waals surface area contributed by atoms with E-state index in [-0.39, 0.29) is 0 Å². The normalized spacial score (nSPS) is 12.1. The van der Waals surface area contributed by atoms with Crippen LogP contribution in [0.2, 0.25) is 5.02 Å². The summed E-state index contributed by atoms with van der Waals surface area (Å²) < 4.78 is 31.7. The molecular formula is C22H21ClN2O4S. The summed E-state index contributed by atoms with van der Waals surface area (Å²) in [4.78, 5) is 12.7. The molecule has 8 heteroatoms. The number of ether oxygens (including phenoxy) is 1. The summed E-state index contributed by atoms with van der Waals surface area (Å²) in [6.07, 6.45) is 1.06. The van der Waals surface area contributed by atoms with Crippen molar-refractivity contribution in [2.75, 3.05) is 15.9 Å². The standard InChI is InChI=1S/C22H21ClN2O4S/c1-16(22(26)24-18-8-6-7-17(23)15-18)25(30(2,27)28)19-11-13-21(14-12-19)29-20-9-4-3-5-10-20/h3-16H,1-2H3,(H,24,26)/t16-/m0/s1. The zero-order valence-electron chi connectivity index (χ0n) is 16.4. The number of anilines is 2. The van der Waals surface area contributed by atoms with Crippen molar-refractivity contribution in [3.8, 4) is 11.5 Å². The van der Waals surface area contributed by atoms with Crippen molar-refractivity contribution in [3.05, 3.63) is 83.9 Å². The molecule has 0 fully saturated rings. The number of hydrogen-bond acceptors (Lipinski definition) is 4. The quantitative estimate of drug-likeness (QED) is 0.560. The number of benzene rings is 3. The maximum absolute atomic E-state index is 12.7. The highest BCUT2D eigenvalue weighted by molar-refractivity contribution is 7.92. The molecule has 6 nitrogen and oxygen atoms in total. The molecule has 30 heavy (non-hydrogen) atoms. The van der Waals surface area contributed by atoms with Crippen LogP contribution >= 0.6 is 11.6 Å². The van der Waals surface area contributed by atoms with Crippen molar-refractivity contribution in [1.29, 1.82) is 0 Å². The monoisotopic (exact) mass is 444 g/mol. The molecule has 3 aromatic rings. The van der Waals surface area contributed by atoms with Gasteiger partial charge in [-0.1, -0.05) is 35.9 Å². The lowest BCUT2D eigenvalue weighted by atomic mass is 10.2. The zero-order valence-corrected chi connectivity index (χ0v) is 18.0. The van der Waals surface area contributed by atoms with E-state index in [1.807, 2.05) is 30.3 Å². The van der Waals surface area contributed by atoms with Gasteiger partial charge in [0.1, 0.15) is 17.5 Å². The van der Waals surface area contributed by atoms with Gasteiger partial charge in [-0.2, -0.15) is 0 Å². The van der Waals surface area contributed by atoms with E-state index in [2.05, 4.69) is 5.32 Å². The van der Waals surface area contributed by atoms with Crippen molar-refractivity contribution in [1.82, 2.24) is 0 Å². The van der Waals surface area contributed by atoms with Gasteiger partial charge < -0.3 is 10.1 Å². The fourth-order valence-electron chi connectivity index (χ4n) is 2.91. The molecule has 0 heterocycles. The molecule has 0 spiro atoms. The number of amides is 1. The minimum Gasteiger partial charge on any atom is -0.457 e. The smallest absolute Gasteiger partial charge is 0.247 e. The maximum Gasteiger partial charge on any atom is 0.247 e. The lowest BCUT2D eigenvalue weighted by molar-refractivity contribution is -0.116. The first-order chi connectivity index (χ1) is 14.2. The SMILES string of the molecule is C[C@@H](C(=O)Nc1cccc(Cl)c1)N(c1ccc(Oc2ccccc2)cc1)S(C)(=O)=O. The van der Waals surface area contributed by atoms with Crippen LogP contribution in [0.15, 0.2) is 78.9 Å². The second-order valence-corrected chi connectivity index (χ2v) is 8.94. The van der Waals surface area contributed by atoms with Gasteiger partial charge in [0.2, 0.25) is 15.9 Å². The van der Waals surface area contributed by atoms with E-state index in [1.165, 1.54) is 6.92 Å². The molecule has 0 aliphatic carbocycles. The Morgan fingerprint density at radius 3 is 2.20 bits per heavy atom. The first kappa shape index (κ1) is 21.7. The molecule has 1 atom stereocenters. The summed E-state index contributed by atoms with van der Waals surface area (Å²) in [5, 5.41) is 3.16. The van der Waals surface area contributed by atoms with Crippen molar-refractivity contribution in [2.24, 2.45) is 0 Å². The van der Waals surface area contributed by atoms with E-state index >= 15 is 0 Å². The number of rotatable bonds is 7. The number of para-hydroxylation sites is 1. The Morgan fingerprint density at radius 1 is 0.967 bits per heavy atom. The number of nitrogens with zero attached hydrogens (tertiary/aromatic N) is 1. The third-order valence-electron chi connectivity index (χ3n) is 4.25. The van der Waals surface area contributed by atoms with Crippen molar-refractivity contribution < 1.29 is 17.9 Å². The van der Waals surface area contributed by atoms with Gasteiger partial charge in [0.15, 0.2) is 0 Å². The molecule has 3 aromatic carbocycles. The third-order valence-corrected chi connectivity index (χ3v) is 5.73. The van der Waals surface area contributed by atoms with E-state index in [9.17, 15) is 13.2 Å². The van der Waals surface area contributed by atoms with Crippen LogP contribution in [-0.4, -0.2) is 26.6 Å². The van der Waals surface area contributed by atoms with Crippen LogP contribution in [0.5, 0.6) is 11.5 Å². The molecule has 0 aliphatic heterocycles. The molecule has 0 bridgehead atoms. The molecule has 156 valence electrons.